The highest BCUT2D eigenvalue weighted by atomic mass is 16.2. The van der Waals surface area contributed by atoms with E-state index in [-0.39, 0.29) is 18.5 Å². The lowest BCUT2D eigenvalue weighted by molar-refractivity contribution is -0.125. The number of nitrogens with one attached hydrogen (secondary N) is 1. The summed E-state index contributed by atoms with van der Waals surface area (Å²) >= 11 is 0. The van der Waals surface area contributed by atoms with Gasteiger partial charge in [0, 0.05) is 13.1 Å². The van der Waals surface area contributed by atoms with Crippen molar-refractivity contribution >= 4 is 11.9 Å². The summed E-state index contributed by atoms with van der Waals surface area (Å²) in [5.74, 6) is -0.103. The Balaban J connectivity index is 1.78. The van der Waals surface area contributed by atoms with Gasteiger partial charge in [0.05, 0.1) is 6.54 Å². The second-order valence-electron chi connectivity index (χ2n) is 3.75. The first-order chi connectivity index (χ1) is 6.77. The average molecular weight is 197 g/mol. The van der Waals surface area contributed by atoms with Crippen LogP contribution in [0.5, 0.6) is 0 Å². The fraction of sp³-hybridized carbons (Fsp3) is 0.778. The summed E-state index contributed by atoms with van der Waals surface area (Å²) in [6, 6.07) is -0.241. The van der Waals surface area contributed by atoms with Crippen molar-refractivity contribution < 1.29 is 9.59 Å². The van der Waals surface area contributed by atoms with Gasteiger partial charge in [0.15, 0.2) is 0 Å². The van der Waals surface area contributed by atoms with Crippen molar-refractivity contribution in [1.29, 1.82) is 0 Å². The Bertz CT molecular complexity index is 232. The molecular formula is C9H15N3O2. The molecular weight excluding hydrogens is 182 g/mol. The Morgan fingerprint density at radius 2 is 1.86 bits per heavy atom. The molecule has 2 heterocycles. The first kappa shape index (κ1) is 9.45. The Morgan fingerprint density at radius 1 is 1.14 bits per heavy atom. The molecule has 0 saturated carbocycles. The molecule has 0 spiro atoms. The number of carbonyl (C=O) groups excluding carboxylic acids is 2. The molecule has 14 heavy (non-hydrogen) atoms. The highest BCUT2D eigenvalue weighted by Crippen LogP contribution is 2.07. The minimum Gasteiger partial charge on any atom is -0.329 e. The maximum Gasteiger partial charge on any atom is 0.324 e. The van der Waals surface area contributed by atoms with Crippen molar-refractivity contribution in [3.8, 4) is 0 Å². The number of urea groups is 1. The normalized spacial score (nSPS) is 23.3. The number of carbonyl (C=O) groups is 2. The number of rotatable bonds is 3. The van der Waals surface area contributed by atoms with Crippen molar-refractivity contribution in [3.63, 3.8) is 0 Å². The molecule has 1 N–H and O–H groups in total. The number of imide groups is 1. The third-order valence-electron chi connectivity index (χ3n) is 2.78. The third-order valence-corrected chi connectivity index (χ3v) is 2.78. The first-order valence-electron chi connectivity index (χ1n) is 5.08. The molecule has 0 aliphatic carbocycles. The summed E-state index contributed by atoms with van der Waals surface area (Å²) in [6.07, 6.45) is 2.47. The number of hydrogen-bond acceptors (Lipinski definition) is 3. The third kappa shape index (κ3) is 1.87. The van der Waals surface area contributed by atoms with Crippen molar-refractivity contribution in [2.75, 3.05) is 32.7 Å². The summed E-state index contributed by atoms with van der Waals surface area (Å²) in [5.41, 5.74) is 0. The van der Waals surface area contributed by atoms with E-state index >= 15 is 0 Å². The van der Waals surface area contributed by atoms with E-state index in [1.807, 2.05) is 0 Å². The molecule has 2 aliphatic rings. The number of likely N-dealkylation sites (tertiary alicyclic amines) is 1. The van der Waals surface area contributed by atoms with Crippen LogP contribution in [-0.4, -0.2) is 54.5 Å². The van der Waals surface area contributed by atoms with Crippen LogP contribution in [-0.2, 0) is 4.79 Å². The van der Waals surface area contributed by atoms with E-state index in [9.17, 15) is 9.59 Å². The van der Waals surface area contributed by atoms with Gasteiger partial charge in [0.25, 0.3) is 0 Å². The highest BCUT2D eigenvalue weighted by molar-refractivity contribution is 6.01. The fourth-order valence-electron chi connectivity index (χ4n) is 1.93. The van der Waals surface area contributed by atoms with E-state index in [1.54, 1.807) is 0 Å². The van der Waals surface area contributed by atoms with Crippen LogP contribution < -0.4 is 5.32 Å². The molecule has 0 aromatic heterocycles. The fourth-order valence-corrected chi connectivity index (χ4v) is 1.93. The van der Waals surface area contributed by atoms with E-state index in [1.165, 1.54) is 17.7 Å². The Hall–Kier alpha value is -1.10. The van der Waals surface area contributed by atoms with Crippen LogP contribution in [0.1, 0.15) is 12.8 Å². The SMILES string of the molecule is O=C1CNC(=O)N1CCN1CCCC1. The second-order valence-corrected chi connectivity index (χ2v) is 3.75. The lowest BCUT2D eigenvalue weighted by Crippen LogP contribution is -2.37. The van der Waals surface area contributed by atoms with Crippen molar-refractivity contribution in [2.24, 2.45) is 0 Å². The van der Waals surface area contributed by atoms with Gasteiger partial charge in [-0.2, -0.15) is 0 Å². The smallest absolute Gasteiger partial charge is 0.324 e. The van der Waals surface area contributed by atoms with Crippen LogP contribution in [0.15, 0.2) is 0 Å². The molecule has 0 radical (unpaired) electrons. The summed E-state index contributed by atoms with van der Waals surface area (Å²) in [7, 11) is 0. The summed E-state index contributed by atoms with van der Waals surface area (Å²) in [6.45, 7) is 3.72. The molecule has 5 nitrogen and oxygen atoms in total. The molecule has 2 saturated heterocycles. The predicted octanol–water partition coefficient (Wildman–Crippen LogP) is -0.366. The van der Waals surface area contributed by atoms with Gasteiger partial charge in [-0.05, 0) is 25.9 Å². The molecule has 78 valence electrons. The van der Waals surface area contributed by atoms with Crippen molar-refractivity contribution in [3.05, 3.63) is 0 Å². The van der Waals surface area contributed by atoms with Gasteiger partial charge in [0.1, 0.15) is 0 Å². The van der Waals surface area contributed by atoms with Crippen LogP contribution >= 0.6 is 0 Å². The average Bonchev–Trinajstić information content (AvgIpc) is 2.76. The molecule has 0 bridgehead atoms. The van der Waals surface area contributed by atoms with Crippen LogP contribution in [0, 0.1) is 0 Å². The van der Waals surface area contributed by atoms with E-state index in [0.717, 1.165) is 19.6 Å². The van der Waals surface area contributed by atoms with E-state index in [0.29, 0.717) is 6.54 Å². The number of hydrogen-bond donors (Lipinski definition) is 1. The minimum absolute atomic E-state index is 0.103. The zero-order chi connectivity index (χ0) is 9.97. The molecule has 0 unspecified atom stereocenters. The number of amides is 3. The van der Waals surface area contributed by atoms with Gasteiger partial charge in [0.2, 0.25) is 5.91 Å². The van der Waals surface area contributed by atoms with Crippen LogP contribution in [0.25, 0.3) is 0 Å². The molecule has 0 aromatic carbocycles. The predicted molar refractivity (Wildman–Crippen MR) is 50.8 cm³/mol. The van der Waals surface area contributed by atoms with E-state index in [4.69, 9.17) is 0 Å². The second kappa shape index (κ2) is 3.96. The zero-order valence-electron chi connectivity index (χ0n) is 8.16. The van der Waals surface area contributed by atoms with E-state index < -0.39 is 0 Å². The van der Waals surface area contributed by atoms with Gasteiger partial charge < -0.3 is 10.2 Å². The van der Waals surface area contributed by atoms with Gasteiger partial charge in [-0.25, -0.2) is 4.79 Å². The van der Waals surface area contributed by atoms with Crippen LogP contribution in [0.2, 0.25) is 0 Å². The lowest BCUT2D eigenvalue weighted by Gasteiger charge is -2.18. The lowest BCUT2D eigenvalue weighted by atomic mass is 10.4. The van der Waals surface area contributed by atoms with Gasteiger partial charge >= 0.3 is 6.03 Å². The molecule has 2 rings (SSSR count). The zero-order valence-corrected chi connectivity index (χ0v) is 8.16. The molecule has 3 amide bonds. The molecule has 2 fully saturated rings. The summed E-state index contributed by atoms with van der Waals surface area (Å²) in [4.78, 5) is 26.0. The summed E-state index contributed by atoms with van der Waals surface area (Å²) < 4.78 is 0. The van der Waals surface area contributed by atoms with E-state index in [2.05, 4.69) is 10.2 Å². The van der Waals surface area contributed by atoms with Gasteiger partial charge in [-0.1, -0.05) is 0 Å². The van der Waals surface area contributed by atoms with Crippen molar-refractivity contribution in [1.82, 2.24) is 15.1 Å². The molecule has 0 aromatic rings. The maximum atomic E-state index is 11.2. The quantitative estimate of drug-likeness (QED) is 0.628. The van der Waals surface area contributed by atoms with Crippen molar-refractivity contribution in [2.45, 2.75) is 12.8 Å². The monoisotopic (exact) mass is 197 g/mol. The van der Waals surface area contributed by atoms with Crippen LogP contribution in [0.3, 0.4) is 0 Å². The molecule has 2 aliphatic heterocycles. The molecule has 0 atom stereocenters. The first-order valence-corrected chi connectivity index (χ1v) is 5.08. The largest absolute Gasteiger partial charge is 0.329 e. The topological polar surface area (TPSA) is 52.7 Å². The highest BCUT2D eigenvalue weighted by Gasteiger charge is 2.28. The Kier molecular flexibility index (Phi) is 2.67. The van der Waals surface area contributed by atoms with Gasteiger partial charge in [-0.3, -0.25) is 9.69 Å². The molecule has 5 heteroatoms. The summed E-state index contributed by atoms with van der Waals surface area (Å²) in [5, 5.41) is 2.51. The maximum absolute atomic E-state index is 11.2. The standard InChI is InChI=1S/C9H15N3O2/c13-8-7-10-9(14)12(8)6-5-11-3-1-2-4-11/h1-7H2,(H,10,14). The van der Waals surface area contributed by atoms with Crippen LogP contribution in [0.4, 0.5) is 4.79 Å². The Morgan fingerprint density at radius 3 is 2.43 bits per heavy atom. The number of nitrogens with zero attached hydrogens (tertiary/aromatic N) is 2. The Labute approximate surface area is 83.0 Å². The minimum atomic E-state index is -0.241. The van der Waals surface area contributed by atoms with Gasteiger partial charge in [-0.15, -0.1) is 0 Å².